The van der Waals surface area contributed by atoms with Crippen LogP contribution in [0, 0.1) is 5.92 Å². The van der Waals surface area contributed by atoms with Gasteiger partial charge in [0.05, 0.1) is 19.8 Å². The second-order valence-electron chi connectivity index (χ2n) is 8.47. The minimum Gasteiger partial charge on any atom is -0.379 e. The van der Waals surface area contributed by atoms with Gasteiger partial charge < -0.3 is 15.0 Å². The van der Waals surface area contributed by atoms with Crippen molar-refractivity contribution in [1.82, 2.24) is 15.1 Å². The summed E-state index contributed by atoms with van der Waals surface area (Å²) in [4.78, 5) is 10.1. The van der Waals surface area contributed by atoms with Crippen molar-refractivity contribution in [3.05, 3.63) is 34.9 Å². The Bertz CT molecular complexity index is 691. The maximum atomic E-state index is 6.22. The number of hydrogen-bond acceptors (Lipinski definition) is 3. The molecule has 0 amide bonds. The molecule has 1 atom stereocenters. The molecule has 1 aromatic carbocycles. The first-order chi connectivity index (χ1) is 13.7. The fourth-order valence-electron chi connectivity index (χ4n) is 4.48. The highest BCUT2D eigenvalue weighted by atomic mass is 127. The highest BCUT2D eigenvalue weighted by molar-refractivity contribution is 14.0. The van der Waals surface area contributed by atoms with E-state index in [-0.39, 0.29) is 29.4 Å². The van der Waals surface area contributed by atoms with Crippen LogP contribution in [-0.2, 0) is 10.2 Å². The third-order valence-corrected chi connectivity index (χ3v) is 6.60. The van der Waals surface area contributed by atoms with Gasteiger partial charge in [-0.2, -0.15) is 0 Å². The van der Waals surface area contributed by atoms with E-state index < -0.39 is 0 Å². The van der Waals surface area contributed by atoms with Crippen molar-refractivity contribution in [2.24, 2.45) is 10.9 Å². The molecule has 3 aliphatic rings. The Labute approximate surface area is 197 Å². The predicted molar refractivity (Wildman–Crippen MR) is 131 cm³/mol. The molecule has 2 aliphatic heterocycles. The maximum absolute atomic E-state index is 6.22. The molecule has 29 heavy (non-hydrogen) atoms. The van der Waals surface area contributed by atoms with Crippen molar-refractivity contribution in [2.75, 3.05) is 59.0 Å². The molecule has 2 saturated heterocycles. The van der Waals surface area contributed by atoms with Gasteiger partial charge in [-0.25, -0.2) is 0 Å². The smallest absolute Gasteiger partial charge is 0.193 e. The third-order valence-electron chi connectivity index (χ3n) is 6.36. The number of likely N-dealkylation sites (tertiary alicyclic amines) is 1. The van der Waals surface area contributed by atoms with E-state index in [1.54, 1.807) is 0 Å². The number of nitrogens with zero attached hydrogens (tertiary/aromatic N) is 3. The monoisotopic (exact) mass is 532 g/mol. The Balaban J connectivity index is 0.00000240. The van der Waals surface area contributed by atoms with Crippen LogP contribution in [0.2, 0.25) is 5.02 Å². The normalized spacial score (nSPS) is 24.3. The van der Waals surface area contributed by atoms with Gasteiger partial charge in [-0.05, 0) is 49.8 Å². The SMILES string of the molecule is CCNC(=NCC1(c2cccc(Cl)c2)CC1)N1CCC(CN2CCOCC2)C1.I. The Morgan fingerprint density at radius 3 is 2.76 bits per heavy atom. The molecular weight excluding hydrogens is 499 g/mol. The van der Waals surface area contributed by atoms with Gasteiger partial charge in [0.25, 0.3) is 0 Å². The van der Waals surface area contributed by atoms with Crippen LogP contribution < -0.4 is 5.32 Å². The lowest BCUT2D eigenvalue weighted by Gasteiger charge is -2.29. The van der Waals surface area contributed by atoms with Crippen LogP contribution >= 0.6 is 35.6 Å². The van der Waals surface area contributed by atoms with Gasteiger partial charge in [-0.1, -0.05) is 23.7 Å². The fourth-order valence-corrected chi connectivity index (χ4v) is 4.67. The van der Waals surface area contributed by atoms with Gasteiger partial charge in [-0.3, -0.25) is 9.89 Å². The zero-order chi connectivity index (χ0) is 19.4. The lowest BCUT2D eigenvalue weighted by Crippen LogP contribution is -2.42. The molecule has 162 valence electrons. The van der Waals surface area contributed by atoms with Gasteiger partial charge in [0.15, 0.2) is 5.96 Å². The molecule has 1 aromatic rings. The zero-order valence-corrected chi connectivity index (χ0v) is 20.5. The predicted octanol–water partition coefficient (Wildman–Crippen LogP) is 3.61. The number of halogens is 2. The molecule has 0 spiro atoms. The standard InChI is InChI=1S/C22H33ClN4O.HI/c1-2-24-21(25-17-22(7-8-22)19-4-3-5-20(23)14-19)27-9-6-18(16-27)15-26-10-12-28-13-11-26;/h3-5,14,18H,2,6-13,15-17H2,1H3,(H,24,25);1H. The van der Waals surface area contributed by atoms with Crippen LogP contribution in [0.5, 0.6) is 0 Å². The van der Waals surface area contributed by atoms with Crippen LogP contribution in [0.1, 0.15) is 31.7 Å². The molecule has 3 fully saturated rings. The quantitative estimate of drug-likeness (QED) is 0.345. The summed E-state index contributed by atoms with van der Waals surface area (Å²) in [6, 6.07) is 8.33. The van der Waals surface area contributed by atoms with Gasteiger partial charge >= 0.3 is 0 Å². The van der Waals surface area contributed by atoms with E-state index in [4.69, 9.17) is 21.3 Å². The van der Waals surface area contributed by atoms with Crippen molar-refractivity contribution >= 4 is 41.5 Å². The molecule has 1 aliphatic carbocycles. The number of rotatable bonds is 6. The van der Waals surface area contributed by atoms with E-state index in [1.807, 2.05) is 6.07 Å². The highest BCUT2D eigenvalue weighted by Crippen LogP contribution is 2.48. The lowest BCUT2D eigenvalue weighted by molar-refractivity contribution is 0.0315. The van der Waals surface area contributed by atoms with Crippen LogP contribution in [0.15, 0.2) is 29.3 Å². The average molecular weight is 533 g/mol. The second-order valence-corrected chi connectivity index (χ2v) is 8.91. The molecule has 1 N–H and O–H groups in total. The second kappa shape index (κ2) is 10.6. The highest BCUT2D eigenvalue weighted by Gasteiger charge is 2.44. The van der Waals surface area contributed by atoms with Crippen molar-refractivity contribution in [1.29, 1.82) is 0 Å². The number of benzene rings is 1. The average Bonchev–Trinajstić information content (AvgIpc) is 3.37. The molecular formula is C22H34ClIN4O. The third kappa shape index (κ3) is 5.99. The summed E-state index contributed by atoms with van der Waals surface area (Å²) in [5.41, 5.74) is 1.53. The summed E-state index contributed by atoms with van der Waals surface area (Å²) in [7, 11) is 0. The van der Waals surface area contributed by atoms with Crippen molar-refractivity contribution in [3.63, 3.8) is 0 Å². The van der Waals surface area contributed by atoms with E-state index in [0.29, 0.717) is 0 Å². The molecule has 0 aromatic heterocycles. The number of hydrogen-bond donors (Lipinski definition) is 1. The van der Waals surface area contributed by atoms with Gasteiger partial charge in [-0.15, -0.1) is 24.0 Å². The number of morpholine rings is 1. The first-order valence-corrected chi connectivity index (χ1v) is 11.2. The first kappa shape index (κ1) is 23.1. The molecule has 2 heterocycles. The van der Waals surface area contributed by atoms with Crippen molar-refractivity contribution < 1.29 is 4.74 Å². The lowest BCUT2D eigenvalue weighted by atomic mass is 9.96. The van der Waals surface area contributed by atoms with Crippen molar-refractivity contribution in [3.8, 4) is 0 Å². The molecule has 1 unspecified atom stereocenters. The van der Waals surface area contributed by atoms with Crippen LogP contribution in [-0.4, -0.2) is 74.8 Å². The van der Waals surface area contributed by atoms with E-state index in [2.05, 4.69) is 40.2 Å². The van der Waals surface area contributed by atoms with Crippen LogP contribution in [0.3, 0.4) is 0 Å². The molecule has 4 rings (SSSR count). The molecule has 0 radical (unpaired) electrons. The Morgan fingerprint density at radius 1 is 1.28 bits per heavy atom. The fraction of sp³-hybridized carbons (Fsp3) is 0.682. The minimum absolute atomic E-state index is 0. The van der Waals surface area contributed by atoms with E-state index in [9.17, 15) is 0 Å². The molecule has 0 bridgehead atoms. The summed E-state index contributed by atoms with van der Waals surface area (Å²) in [6.45, 7) is 11.2. The van der Waals surface area contributed by atoms with E-state index in [1.165, 1.54) is 31.4 Å². The summed E-state index contributed by atoms with van der Waals surface area (Å²) < 4.78 is 5.48. The maximum Gasteiger partial charge on any atom is 0.193 e. The van der Waals surface area contributed by atoms with E-state index in [0.717, 1.165) is 69.4 Å². The summed E-state index contributed by atoms with van der Waals surface area (Å²) in [6.07, 6.45) is 3.66. The largest absolute Gasteiger partial charge is 0.379 e. The zero-order valence-electron chi connectivity index (χ0n) is 17.4. The minimum atomic E-state index is 0. The first-order valence-electron chi connectivity index (χ1n) is 10.8. The number of aliphatic imine (C=N–C) groups is 1. The van der Waals surface area contributed by atoms with Crippen LogP contribution in [0.4, 0.5) is 0 Å². The number of ether oxygens (including phenoxy) is 1. The number of nitrogens with one attached hydrogen (secondary N) is 1. The Morgan fingerprint density at radius 2 is 2.07 bits per heavy atom. The Kier molecular flexibility index (Phi) is 8.48. The summed E-state index contributed by atoms with van der Waals surface area (Å²) >= 11 is 6.22. The molecule has 5 nitrogen and oxygen atoms in total. The van der Waals surface area contributed by atoms with Crippen LogP contribution in [0.25, 0.3) is 0 Å². The van der Waals surface area contributed by atoms with Crippen molar-refractivity contribution in [2.45, 2.75) is 31.6 Å². The topological polar surface area (TPSA) is 40.1 Å². The number of guanidine groups is 1. The molecule has 7 heteroatoms. The summed E-state index contributed by atoms with van der Waals surface area (Å²) in [5, 5.41) is 4.35. The van der Waals surface area contributed by atoms with E-state index >= 15 is 0 Å². The Hall–Kier alpha value is -0.570. The van der Waals surface area contributed by atoms with Gasteiger partial charge in [0.1, 0.15) is 0 Å². The molecule has 1 saturated carbocycles. The van der Waals surface area contributed by atoms with Gasteiger partial charge in [0.2, 0.25) is 0 Å². The van der Waals surface area contributed by atoms with Gasteiger partial charge in [0, 0.05) is 49.7 Å². The summed E-state index contributed by atoms with van der Waals surface area (Å²) in [5.74, 6) is 1.81.